The Morgan fingerprint density at radius 2 is 1.93 bits per heavy atom. The third kappa shape index (κ3) is 4.25. The largest absolute Gasteiger partial charge is 0.339 e. The molecule has 144 valence electrons. The van der Waals surface area contributed by atoms with E-state index in [2.05, 4.69) is 10.3 Å². The molecule has 0 bridgehead atoms. The number of imidazole rings is 1. The van der Waals surface area contributed by atoms with Gasteiger partial charge in [-0.2, -0.15) is 4.31 Å². The number of hydrogen-bond donors (Lipinski definition) is 1. The van der Waals surface area contributed by atoms with E-state index in [-0.39, 0.29) is 23.3 Å². The topological polar surface area (TPSA) is 101 Å². The van der Waals surface area contributed by atoms with Gasteiger partial charge in [0.05, 0.1) is 12.2 Å². The number of aromatic nitrogens is 2. The highest BCUT2D eigenvalue weighted by atomic mass is 32.2. The standard InChI is InChI=1S/C18H22N4O4S/c1-13(23)14-5-7-16(8-6-14)20-18(24)15-4-3-9-22(10-15)27(25,26)17-11-21(2)12-19-17/h5-8,11-12,15H,3-4,9-10H2,1-2H3,(H,20,24)/t15-/m1/s1. The van der Waals surface area contributed by atoms with E-state index in [9.17, 15) is 18.0 Å². The highest BCUT2D eigenvalue weighted by molar-refractivity contribution is 7.89. The van der Waals surface area contributed by atoms with Crippen molar-refractivity contribution in [2.75, 3.05) is 18.4 Å². The Kier molecular flexibility index (Phi) is 5.43. The Balaban J connectivity index is 1.68. The predicted octanol–water partition coefficient (Wildman–Crippen LogP) is 1.66. The smallest absolute Gasteiger partial charge is 0.262 e. The number of nitrogens with one attached hydrogen (secondary N) is 1. The van der Waals surface area contributed by atoms with Crippen molar-refractivity contribution < 1.29 is 18.0 Å². The third-order valence-electron chi connectivity index (χ3n) is 4.60. The molecule has 27 heavy (non-hydrogen) atoms. The number of Topliss-reactive ketones (excluding diaryl/α,β-unsaturated/α-hetero) is 1. The molecule has 0 aliphatic carbocycles. The van der Waals surface area contributed by atoms with Crippen molar-refractivity contribution in [2.45, 2.75) is 24.8 Å². The number of carbonyl (C=O) groups excluding carboxylic acids is 2. The van der Waals surface area contributed by atoms with E-state index in [1.807, 2.05) is 0 Å². The lowest BCUT2D eigenvalue weighted by molar-refractivity contribution is -0.120. The summed E-state index contributed by atoms with van der Waals surface area (Å²) in [5.41, 5.74) is 1.15. The molecule has 1 fully saturated rings. The minimum absolute atomic E-state index is 0.00844. The second kappa shape index (κ2) is 7.61. The summed E-state index contributed by atoms with van der Waals surface area (Å²) in [6.07, 6.45) is 4.11. The zero-order valence-corrected chi connectivity index (χ0v) is 16.1. The molecule has 0 radical (unpaired) electrons. The van der Waals surface area contributed by atoms with Gasteiger partial charge in [-0.1, -0.05) is 0 Å². The molecule has 2 aromatic rings. The fourth-order valence-electron chi connectivity index (χ4n) is 3.06. The van der Waals surface area contributed by atoms with Crippen molar-refractivity contribution in [3.63, 3.8) is 0 Å². The Labute approximate surface area is 158 Å². The lowest BCUT2D eigenvalue weighted by Gasteiger charge is -2.30. The van der Waals surface area contributed by atoms with E-state index in [0.29, 0.717) is 30.6 Å². The van der Waals surface area contributed by atoms with Gasteiger partial charge in [-0.05, 0) is 44.0 Å². The second-order valence-corrected chi connectivity index (χ2v) is 8.59. The number of hydrogen-bond acceptors (Lipinski definition) is 5. The number of nitrogens with zero attached hydrogens (tertiary/aromatic N) is 3. The van der Waals surface area contributed by atoms with Crippen LogP contribution in [0.3, 0.4) is 0 Å². The maximum atomic E-state index is 12.7. The van der Waals surface area contributed by atoms with Crippen LogP contribution in [0.25, 0.3) is 0 Å². The van der Waals surface area contributed by atoms with E-state index < -0.39 is 15.9 Å². The molecule has 9 heteroatoms. The van der Waals surface area contributed by atoms with E-state index >= 15 is 0 Å². The summed E-state index contributed by atoms with van der Waals surface area (Å²) in [6.45, 7) is 1.97. The number of anilines is 1. The molecule has 8 nitrogen and oxygen atoms in total. The highest BCUT2D eigenvalue weighted by Gasteiger charge is 2.34. The van der Waals surface area contributed by atoms with Gasteiger partial charge in [0.15, 0.2) is 10.8 Å². The first-order chi connectivity index (χ1) is 12.8. The van der Waals surface area contributed by atoms with Crippen LogP contribution >= 0.6 is 0 Å². The molecule has 1 amide bonds. The van der Waals surface area contributed by atoms with Crippen molar-refractivity contribution >= 4 is 27.4 Å². The predicted molar refractivity (Wildman–Crippen MR) is 99.8 cm³/mol. The Hall–Kier alpha value is -2.52. The zero-order valence-electron chi connectivity index (χ0n) is 15.3. The van der Waals surface area contributed by atoms with Gasteiger partial charge in [-0.15, -0.1) is 0 Å². The van der Waals surface area contributed by atoms with Crippen molar-refractivity contribution in [3.8, 4) is 0 Å². The van der Waals surface area contributed by atoms with Crippen LogP contribution in [0.1, 0.15) is 30.1 Å². The second-order valence-electron chi connectivity index (χ2n) is 6.70. The summed E-state index contributed by atoms with van der Waals surface area (Å²) < 4.78 is 28.3. The fourth-order valence-corrected chi connectivity index (χ4v) is 4.55. The first-order valence-corrected chi connectivity index (χ1v) is 10.1. The number of sulfonamides is 1. The molecule has 1 atom stereocenters. The van der Waals surface area contributed by atoms with Gasteiger partial charge in [0.2, 0.25) is 5.91 Å². The van der Waals surface area contributed by atoms with Gasteiger partial charge < -0.3 is 9.88 Å². The van der Waals surface area contributed by atoms with Crippen LogP contribution in [0, 0.1) is 5.92 Å². The Bertz CT molecular complexity index is 950. The van der Waals surface area contributed by atoms with Crippen molar-refractivity contribution in [1.29, 1.82) is 0 Å². The van der Waals surface area contributed by atoms with Gasteiger partial charge >= 0.3 is 0 Å². The van der Waals surface area contributed by atoms with Crippen LogP contribution in [0.5, 0.6) is 0 Å². The summed E-state index contributed by atoms with van der Waals surface area (Å²) in [5.74, 6) is -0.716. The van der Waals surface area contributed by atoms with E-state index in [1.54, 1.807) is 35.9 Å². The molecule has 2 heterocycles. The number of aryl methyl sites for hydroxylation is 1. The van der Waals surface area contributed by atoms with Crippen LogP contribution in [0.2, 0.25) is 0 Å². The third-order valence-corrected chi connectivity index (χ3v) is 6.35. The number of amides is 1. The van der Waals surface area contributed by atoms with E-state index in [0.717, 1.165) is 0 Å². The normalized spacial score (nSPS) is 18.2. The van der Waals surface area contributed by atoms with Gasteiger partial charge in [0, 0.05) is 37.6 Å². The lowest BCUT2D eigenvalue weighted by atomic mass is 9.98. The van der Waals surface area contributed by atoms with Crippen LogP contribution < -0.4 is 5.32 Å². The molecule has 0 unspecified atom stereocenters. The van der Waals surface area contributed by atoms with Crippen molar-refractivity contribution in [3.05, 3.63) is 42.4 Å². The molecule has 1 aliphatic heterocycles. The fraction of sp³-hybridized carbons (Fsp3) is 0.389. The summed E-state index contributed by atoms with van der Waals surface area (Å²) in [5, 5.41) is 2.79. The molecule has 1 saturated heterocycles. The maximum absolute atomic E-state index is 12.7. The first-order valence-electron chi connectivity index (χ1n) is 8.67. The Morgan fingerprint density at radius 1 is 1.22 bits per heavy atom. The molecule has 3 rings (SSSR count). The molecule has 0 spiro atoms. The highest BCUT2D eigenvalue weighted by Crippen LogP contribution is 2.24. The van der Waals surface area contributed by atoms with Crippen LogP contribution in [-0.2, 0) is 21.9 Å². The maximum Gasteiger partial charge on any atom is 0.262 e. The quantitative estimate of drug-likeness (QED) is 0.783. The molecule has 1 aromatic carbocycles. The van der Waals surface area contributed by atoms with Crippen LogP contribution in [0.4, 0.5) is 5.69 Å². The molecular weight excluding hydrogens is 368 g/mol. The Morgan fingerprint density at radius 3 is 2.52 bits per heavy atom. The molecule has 1 aromatic heterocycles. The minimum atomic E-state index is -3.71. The van der Waals surface area contributed by atoms with Gasteiger partial charge in [-0.25, -0.2) is 13.4 Å². The van der Waals surface area contributed by atoms with Crippen molar-refractivity contribution in [2.24, 2.45) is 13.0 Å². The van der Waals surface area contributed by atoms with Gasteiger partial charge in [0.25, 0.3) is 10.0 Å². The minimum Gasteiger partial charge on any atom is -0.339 e. The summed E-state index contributed by atoms with van der Waals surface area (Å²) in [4.78, 5) is 27.8. The van der Waals surface area contributed by atoms with Gasteiger partial charge in [0.1, 0.15) is 0 Å². The first kappa shape index (κ1) is 19.2. The van der Waals surface area contributed by atoms with E-state index in [1.165, 1.54) is 23.8 Å². The molecule has 1 N–H and O–H groups in total. The average molecular weight is 390 g/mol. The van der Waals surface area contributed by atoms with Crippen LogP contribution in [0.15, 0.2) is 41.8 Å². The summed E-state index contributed by atoms with van der Waals surface area (Å²) in [7, 11) is -2.01. The van der Waals surface area contributed by atoms with Gasteiger partial charge in [-0.3, -0.25) is 9.59 Å². The number of benzene rings is 1. The molecule has 1 aliphatic rings. The average Bonchev–Trinajstić information content (AvgIpc) is 3.09. The summed E-state index contributed by atoms with van der Waals surface area (Å²) >= 11 is 0. The molecule has 0 saturated carbocycles. The number of carbonyl (C=O) groups is 2. The molecular formula is C18H22N4O4S. The number of piperidine rings is 1. The zero-order chi connectivity index (χ0) is 19.6. The lowest BCUT2D eigenvalue weighted by Crippen LogP contribution is -2.43. The number of rotatable bonds is 5. The van der Waals surface area contributed by atoms with E-state index in [4.69, 9.17) is 0 Å². The summed E-state index contributed by atoms with van der Waals surface area (Å²) in [6, 6.07) is 6.63. The SMILES string of the molecule is CC(=O)c1ccc(NC(=O)[C@@H]2CCCN(S(=O)(=O)c3cn(C)cn3)C2)cc1. The van der Waals surface area contributed by atoms with Crippen LogP contribution in [-0.4, -0.2) is 47.1 Å². The monoisotopic (exact) mass is 390 g/mol. The van der Waals surface area contributed by atoms with Crippen molar-refractivity contribution in [1.82, 2.24) is 13.9 Å². The number of ketones is 1.